The fraction of sp³-hybridized carbons (Fsp3) is 0.550. The lowest BCUT2D eigenvalue weighted by atomic mass is 9.91. The van der Waals surface area contributed by atoms with Crippen LogP contribution in [0.4, 0.5) is 0 Å². The Balaban J connectivity index is 1.73. The summed E-state index contributed by atoms with van der Waals surface area (Å²) in [6.45, 7) is 7.06. The number of thioether (sulfide) groups is 1. The molecule has 1 aromatic rings. The Morgan fingerprint density at radius 1 is 1.22 bits per heavy atom. The van der Waals surface area contributed by atoms with Crippen molar-refractivity contribution in [3.8, 4) is 0 Å². The first kappa shape index (κ1) is 19.7. The molecular formula is C20H26N2O4S. The van der Waals surface area contributed by atoms with Crippen LogP contribution < -0.4 is 0 Å². The van der Waals surface area contributed by atoms with Crippen LogP contribution in [0.3, 0.4) is 0 Å². The highest BCUT2D eigenvalue weighted by Gasteiger charge is 2.38. The molecule has 1 fully saturated rings. The molecule has 2 heterocycles. The summed E-state index contributed by atoms with van der Waals surface area (Å²) < 4.78 is 0. The van der Waals surface area contributed by atoms with Crippen LogP contribution in [0.5, 0.6) is 0 Å². The maximum Gasteiger partial charge on any atom is 0.335 e. The van der Waals surface area contributed by atoms with Gasteiger partial charge in [-0.05, 0) is 35.1 Å². The molecular weight excluding hydrogens is 364 g/mol. The van der Waals surface area contributed by atoms with Gasteiger partial charge in [0.2, 0.25) is 11.8 Å². The number of hydrogen-bond donors (Lipinski definition) is 1. The van der Waals surface area contributed by atoms with Crippen molar-refractivity contribution in [1.29, 1.82) is 0 Å². The van der Waals surface area contributed by atoms with Gasteiger partial charge in [-0.15, -0.1) is 11.8 Å². The summed E-state index contributed by atoms with van der Waals surface area (Å²) in [5.74, 6) is 0.198. The minimum Gasteiger partial charge on any atom is -0.478 e. The van der Waals surface area contributed by atoms with Gasteiger partial charge in [0.05, 0.1) is 11.4 Å². The summed E-state index contributed by atoms with van der Waals surface area (Å²) in [4.78, 5) is 40.5. The number of carboxylic acids is 1. The molecule has 2 amide bonds. The smallest absolute Gasteiger partial charge is 0.335 e. The van der Waals surface area contributed by atoms with Crippen LogP contribution in [0.2, 0.25) is 0 Å². The Hall–Kier alpha value is -2.02. The van der Waals surface area contributed by atoms with E-state index in [4.69, 9.17) is 0 Å². The minimum absolute atomic E-state index is 0.0245. The van der Waals surface area contributed by atoms with Crippen molar-refractivity contribution in [1.82, 2.24) is 9.80 Å². The number of carbonyl (C=O) groups excluding carboxylic acids is 2. The number of carboxylic acid groups (broad SMARTS) is 1. The van der Waals surface area contributed by atoms with E-state index < -0.39 is 12.0 Å². The maximum absolute atomic E-state index is 13.1. The Bertz CT molecular complexity index is 772. The van der Waals surface area contributed by atoms with Crippen LogP contribution in [0, 0.1) is 5.41 Å². The van der Waals surface area contributed by atoms with Gasteiger partial charge in [-0.3, -0.25) is 9.59 Å². The third kappa shape index (κ3) is 4.46. The molecule has 1 N–H and O–H groups in total. The van der Waals surface area contributed by atoms with Gasteiger partial charge in [-0.25, -0.2) is 4.79 Å². The Morgan fingerprint density at radius 3 is 2.63 bits per heavy atom. The van der Waals surface area contributed by atoms with E-state index in [1.807, 2.05) is 26.8 Å². The molecule has 0 bridgehead atoms. The molecule has 1 atom stereocenters. The fourth-order valence-electron chi connectivity index (χ4n) is 3.54. The third-order valence-corrected chi connectivity index (χ3v) is 5.96. The summed E-state index contributed by atoms with van der Waals surface area (Å²) in [6.07, 6.45) is 1.12. The zero-order valence-electron chi connectivity index (χ0n) is 16.0. The highest BCUT2D eigenvalue weighted by molar-refractivity contribution is 7.99. The number of fused-ring (bicyclic) bond motifs is 1. The molecule has 146 valence electrons. The number of nitrogens with zero attached hydrogens (tertiary/aromatic N) is 2. The summed E-state index contributed by atoms with van der Waals surface area (Å²) in [5.41, 5.74) is 2.09. The average Bonchev–Trinajstić information content (AvgIpc) is 3.08. The summed E-state index contributed by atoms with van der Waals surface area (Å²) in [7, 11) is 0. The molecule has 0 aliphatic carbocycles. The van der Waals surface area contributed by atoms with Gasteiger partial charge >= 0.3 is 5.97 Å². The Kier molecular flexibility index (Phi) is 5.51. The summed E-state index contributed by atoms with van der Waals surface area (Å²) in [6, 6.07) is 4.68. The summed E-state index contributed by atoms with van der Waals surface area (Å²) in [5, 5.41) is 9.20. The third-order valence-electron chi connectivity index (χ3n) is 4.95. The number of hydrogen-bond acceptors (Lipinski definition) is 4. The minimum atomic E-state index is -0.965. The van der Waals surface area contributed by atoms with E-state index in [0.29, 0.717) is 37.6 Å². The first-order chi connectivity index (χ1) is 12.7. The van der Waals surface area contributed by atoms with Crippen molar-refractivity contribution in [2.45, 2.75) is 46.2 Å². The molecule has 6 nitrogen and oxygen atoms in total. The molecule has 7 heteroatoms. The first-order valence-electron chi connectivity index (χ1n) is 9.17. The van der Waals surface area contributed by atoms with Crippen molar-refractivity contribution in [2.75, 3.05) is 18.2 Å². The predicted molar refractivity (Wildman–Crippen MR) is 105 cm³/mol. The zero-order valence-corrected chi connectivity index (χ0v) is 16.8. The highest BCUT2D eigenvalue weighted by Crippen LogP contribution is 2.29. The quantitative estimate of drug-likeness (QED) is 0.858. The van der Waals surface area contributed by atoms with E-state index in [2.05, 4.69) is 0 Å². The van der Waals surface area contributed by atoms with Crippen molar-refractivity contribution in [3.63, 3.8) is 0 Å². The van der Waals surface area contributed by atoms with Gasteiger partial charge in [0.1, 0.15) is 6.04 Å². The summed E-state index contributed by atoms with van der Waals surface area (Å²) >= 11 is 1.61. The SMILES string of the molecule is CC(C)(C)CC(=O)N1CSCC1C(=O)N1CCc2ccc(C(=O)O)cc2C1. The molecule has 0 radical (unpaired) electrons. The van der Waals surface area contributed by atoms with E-state index in [0.717, 1.165) is 11.1 Å². The van der Waals surface area contributed by atoms with E-state index in [1.165, 1.54) is 0 Å². The topological polar surface area (TPSA) is 77.9 Å². The molecule has 1 saturated heterocycles. The van der Waals surface area contributed by atoms with Gasteiger partial charge in [0.25, 0.3) is 0 Å². The van der Waals surface area contributed by atoms with E-state index in [-0.39, 0.29) is 22.8 Å². The number of aromatic carboxylic acids is 1. The van der Waals surface area contributed by atoms with Crippen LogP contribution in [0.1, 0.15) is 48.7 Å². The molecule has 0 spiro atoms. The monoisotopic (exact) mass is 390 g/mol. The number of amides is 2. The van der Waals surface area contributed by atoms with E-state index in [9.17, 15) is 19.5 Å². The molecule has 2 aliphatic rings. The van der Waals surface area contributed by atoms with Crippen LogP contribution in [0.25, 0.3) is 0 Å². The lowest BCUT2D eigenvalue weighted by Crippen LogP contribution is -2.50. The van der Waals surface area contributed by atoms with E-state index in [1.54, 1.807) is 33.7 Å². The second-order valence-electron chi connectivity index (χ2n) is 8.42. The van der Waals surface area contributed by atoms with E-state index >= 15 is 0 Å². The molecule has 2 aliphatic heterocycles. The Morgan fingerprint density at radius 2 is 1.96 bits per heavy atom. The molecule has 3 rings (SSSR count). The van der Waals surface area contributed by atoms with Crippen LogP contribution in [-0.4, -0.2) is 56.9 Å². The molecule has 1 aromatic carbocycles. The van der Waals surface area contributed by atoms with Crippen molar-refractivity contribution >= 4 is 29.5 Å². The number of rotatable bonds is 3. The molecule has 0 saturated carbocycles. The Labute approximate surface area is 163 Å². The largest absolute Gasteiger partial charge is 0.478 e. The van der Waals surface area contributed by atoms with Gasteiger partial charge < -0.3 is 14.9 Å². The lowest BCUT2D eigenvalue weighted by molar-refractivity contribution is -0.144. The maximum atomic E-state index is 13.1. The van der Waals surface area contributed by atoms with Crippen molar-refractivity contribution in [3.05, 3.63) is 34.9 Å². The van der Waals surface area contributed by atoms with Gasteiger partial charge in [0.15, 0.2) is 0 Å². The normalized spacial score (nSPS) is 19.7. The molecule has 0 aromatic heterocycles. The molecule has 27 heavy (non-hydrogen) atoms. The standard InChI is InChI=1S/C20H26N2O4S/c1-20(2,3)9-17(23)22-12-27-11-16(22)18(24)21-7-6-13-4-5-14(19(25)26)8-15(13)10-21/h4-5,8,16H,6-7,9-12H2,1-3H3,(H,25,26). The van der Waals surface area contributed by atoms with Gasteiger partial charge in [-0.2, -0.15) is 0 Å². The van der Waals surface area contributed by atoms with Crippen molar-refractivity contribution in [2.24, 2.45) is 5.41 Å². The predicted octanol–water partition coefficient (Wildman–Crippen LogP) is 2.61. The van der Waals surface area contributed by atoms with Crippen LogP contribution in [0.15, 0.2) is 18.2 Å². The zero-order chi connectivity index (χ0) is 19.8. The lowest BCUT2D eigenvalue weighted by Gasteiger charge is -2.34. The fourth-order valence-corrected chi connectivity index (χ4v) is 4.71. The van der Waals surface area contributed by atoms with Crippen LogP contribution in [-0.2, 0) is 22.6 Å². The molecule has 1 unspecified atom stereocenters. The van der Waals surface area contributed by atoms with Gasteiger partial charge in [-0.1, -0.05) is 26.8 Å². The van der Waals surface area contributed by atoms with Crippen molar-refractivity contribution < 1.29 is 19.5 Å². The highest BCUT2D eigenvalue weighted by atomic mass is 32.2. The first-order valence-corrected chi connectivity index (χ1v) is 10.3. The van der Waals surface area contributed by atoms with Crippen LogP contribution >= 0.6 is 11.8 Å². The second-order valence-corrected chi connectivity index (χ2v) is 9.41. The number of carbonyl (C=O) groups is 3. The van der Waals surface area contributed by atoms with Gasteiger partial charge in [0, 0.05) is 25.3 Å². The number of benzene rings is 1. The average molecular weight is 391 g/mol. The second kappa shape index (κ2) is 7.54.